The number of carbonyl (C=O) groups is 2. The third-order valence-corrected chi connectivity index (χ3v) is 5.87. The molecular formula is C23H26N8O2. The van der Waals surface area contributed by atoms with Crippen LogP contribution in [0.1, 0.15) is 50.7 Å². The molecule has 0 aliphatic carbocycles. The fourth-order valence-electron chi connectivity index (χ4n) is 3.92. The van der Waals surface area contributed by atoms with Gasteiger partial charge in [0.15, 0.2) is 5.65 Å². The first-order chi connectivity index (χ1) is 15.5. The van der Waals surface area contributed by atoms with E-state index in [1.54, 1.807) is 41.6 Å². The zero-order valence-electron chi connectivity index (χ0n) is 19.3. The van der Waals surface area contributed by atoms with Crippen LogP contribution < -0.4 is 5.32 Å². The number of aromatic nitrogens is 3. The average molecular weight is 447 g/mol. The van der Waals surface area contributed by atoms with Gasteiger partial charge in [0.2, 0.25) is 5.91 Å². The van der Waals surface area contributed by atoms with E-state index in [0.29, 0.717) is 30.1 Å². The van der Waals surface area contributed by atoms with Crippen molar-refractivity contribution in [2.75, 3.05) is 13.1 Å². The second kappa shape index (κ2) is 7.90. The van der Waals surface area contributed by atoms with Gasteiger partial charge in [-0.2, -0.15) is 5.10 Å². The number of hydrogen-bond donors (Lipinski definition) is 1. The summed E-state index contributed by atoms with van der Waals surface area (Å²) in [5.41, 5.74) is 11.2. The highest BCUT2D eigenvalue weighted by molar-refractivity contribution is 5.99. The van der Waals surface area contributed by atoms with Crippen molar-refractivity contribution in [2.45, 2.75) is 45.6 Å². The Labute approximate surface area is 191 Å². The highest BCUT2D eigenvalue weighted by atomic mass is 16.2. The van der Waals surface area contributed by atoms with Crippen LogP contribution in [-0.4, -0.2) is 49.9 Å². The zero-order valence-corrected chi connectivity index (χ0v) is 19.3. The number of piperazine rings is 1. The summed E-state index contributed by atoms with van der Waals surface area (Å²) in [5.74, 6) is -0.494. The number of nitrogens with zero attached hydrogens (tertiary/aromatic N) is 7. The van der Waals surface area contributed by atoms with Crippen molar-refractivity contribution in [3.63, 3.8) is 0 Å². The van der Waals surface area contributed by atoms with Gasteiger partial charge in [0.1, 0.15) is 11.2 Å². The van der Waals surface area contributed by atoms with E-state index < -0.39 is 5.54 Å². The van der Waals surface area contributed by atoms with Crippen LogP contribution in [0.25, 0.3) is 27.3 Å². The molecule has 1 saturated heterocycles. The quantitative estimate of drug-likeness (QED) is 0.370. The molecule has 3 heterocycles. The molecule has 0 radical (unpaired) electrons. The van der Waals surface area contributed by atoms with Crippen LogP contribution in [-0.2, 0) is 10.2 Å². The SMILES string of the molecule is CC(C)(C)c1cc(-c2ccc(N=[N+]=[N-])cc2)nn2cc(C(=O)N3CCNC(=O)C3(C)C)nc12. The van der Waals surface area contributed by atoms with E-state index in [2.05, 4.69) is 41.1 Å². The monoisotopic (exact) mass is 446 g/mol. The zero-order chi connectivity index (χ0) is 24.0. The summed E-state index contributed by atoms with van der Waals surface area (Å²) < 4.78 is 1.63. The molecule has 33 heavy (non-hydrogen) atoms. The Morgan fingerprint density at radius 2 is 1.94 bits per heavy atom. The van der Waals surface area contributed by atoms with E-state index in [-0.39, 0.29) is 22.9 Å². The van der Waals surface area contributed by atoms with E-state index >= 15 is 0 Å². The number of benzene rings is 1. The minimum Gasteiger partial charge on any atom is -0.352 e. The molecule has 0 saturated carbocycles. The number of nitrogens with one attached hydrogen (secondary N) is 1. The molecule has 0 spiro atoms. The molecule has 10 heteroatoms. The predicted molar refractivity (Wildman–Crippen MR) is 124 cm³/mol. The van der Waals surface area contributed by atoms with Gasteiger partial charge in [-0.25, -0.2) is 9.50 Å². The molecule has 4 rings (SSSR count). The number of imidazole rings is 1. The number of hydrogen-bond acceptors (Lipinski definition) is 5. The summed E-state index contributed by atoms with van der Waals surface area (Å²) in [4.78, 5) is 34.7. The molecule has 0 unspecified atom stereocenters. The maximum atomic E-state index is 13.3. The van der Waals surface area contributed by atoms with Gasteiger partial charge in [-0.15, -0.1) is 0 Å². The predicted octanol–water partition coefficient (Wildman–Crippen LogP) is 3.99. The summed E-state index contributed by atoms with van der Waals surface area (Å²) in [5, 5.41) is 11.1. The van der Waals surface area contributed by atoms with Crippen LogP contribution in [0.5, 0.6) is 0 Å². The van der Waals surface area contributed by atoms with Crippen LogP contribution in [0.4, 0.5) is 5.69 Å². The van der Waals surface area contributed by atoms with E-state index in [1.165, 1.54) is 0 Å². The molecule has 2 amide bonds. The first-order valence-corrected chi connectivity index (χ1v) is 10.7. The van der Waals surface area contributed by atoms with Gasteiger partial charge in [-0.05, 0) is 30.9 Å². The molecule has 1 aliphatic heterocycles. The molecule has 1 aliphatic rings. The normalized spacial score (nSPS) is 15.8. The van der Waals surface area contributed by atoms with Gasteiger partial charge >= 0.3 is 0 Å². The highest BCUT2D eigenvalue weighted by Gasteiger charge is 2.41. The third-order valence-electron chi connectivity index (χ3n) is 5.87. The number of carbonyl (C=O) groups excluding carboxylic acids is 2. The van der Waals surface area contributed by atoms with Crippen LogP contribution in [0.3, 0.4) is 0 Å². The fraction of sp³-hybridized carbons (Fsp3) is 0.391. The van der Waals surface area contributed by atoms with Crippen molar-refractivity contribution in [1.29, 1.82) is 0 Å². The topological polar surface area (TPSA) is 128 Å². The molecule has 1 N–H and O–H groups in total. The second-order valence-electron chi connectivity index (χ2n) is 9.60. The largest absolute Gasteiger partial charge is 0.352 e. The van der Waals surface area contributed by atoms with Crippen LogP contribution in [0, 0.1) is 0 Å². The van der Waals surface area contributed by atoms with E-state index in [4.69, 9.17) is 10.6 Å². The van der Waals surface area contributed by atoms with Crippen molar-refractivity contribution < 1.29 is 9.59 Å². The maximum Gasteiger partial charge on any atom is 0.275 e. The Balaban J connectivity index is 1.81. The lowest BCUT2D eigenvalue weighted by Crippen LogP contribution is -2.63. The van der Waals surface area contributed by atoms with Crippen molar-refractivity contribution in [2.24, 2.45) is 5.11 Å². The van der Waals surface area contributed by atoms with Crippen LogP contribution >= 0.6 is 0 Å². The third kappa shape index (κ3) is 4.01. The molecule has 1 aromatic carbocycles. The Morgan fingerprint density at radius 1 is 1.24 bits per heavy atom. The van der Waals surface area contributed by atoms with Crippen molar-refractivity contribution >= 4 is 23.1 Å². The lowest BCUT2D eigenvalue weighted by atomic mass is 9.87. The number of azide groups is 1. The van der Waals surface area contributed by atoms with Crippen LogP contribution in [0.15, 0.2) is 41.6 Å². The average Bonchev–Trinajstić information content (AvgIpc) is 3.19. The first kappa shape index (κ1) is 22.3. The first-order valence-electron chi connectivity index (χ1n) is 10.7. The number of fused-ring (bicyclic) bond motifs is 1. The highest BCUT2D eigenvalue weighted by Crippen LogP contribution is 2.31. The lowest BCUT2D eigenvalue weighted by Gasteiger charge is -2.40. The molecule has 0 bridgehead atoms. The van der Waals surface area contributed by atoms with E-state index in [1.807, 2.05) is 18.2 Å². The van der Waals surface area contributed by atoms with Gasteiger partial charge in [-0.1, -0.05) is 50.2 Å². The van der Waals surface area contributed by atoms with Gasteiger partial charge in [0.25, 0.3) is 5.91 Å². The molecule has 170 valence electrons. The minimum atomic E-state index is -0.968. The maximum absolute atomic E-state index is 13.3. The van der Waals surface area contributed by atoms with Crippen molar-refractivity contribution in [3.05, 3.63) is 58.2 Å². The second-order valence-corrected chi connectivity index (χ2v) is 9.60. The number of rotatable bonds is 3. The standard InChI is InChI=1S/C23H26N8O2/c1-22(2,3)16-12-17(14-6-8-15(9-7-14)27-29-24)28-31-13-18(26-19(16)31)20(32)30-11-10-25-21(33)23(30,4)5/h6-9,12-13H,10-11H2,1-5H3,(H,25,33). The molecule has 2 aromatic heterocycles. The summed E-state index contributed by atoms with van der Waals surface area (Å²) in [6, 6.07) is 9.09. The molecule has 10 nitrogen and oxygen atoms in total. The molecule has 0 atom stereocenters. The summed E-state index contributed by atoms with van der Waals surface area (Å²) >= 11 is 0. The summed E-state index contributed by atoms with van der Waals surface area (Å²) in [7, 11) is 0. The van der Waals surface area contributed by atoms with Gasteiger partial charge in [0.05, 0.1) is 11.9 Å². The van der Waals surface area contributed by atoms with E-state index in [0.717, 1.165) is 11.1 Å². The fourth-order valence-corrected chi connectivity index (χ4v) is 3.92. The van der Waals surface area contributed by atoms with Gasteiger partial charge in [0, 0.05) is 34.8 Å². The van der Waals surface area contributed by atoms with Gasteiger partial charge < -0.3 is 10.2 Å². The smallest absolute Gasteiger partial charge is 0.275 e. The number of amides is 2. The van der Waals surface area contributed by atoms with E-state index in [9.17, 15) is 9.59 Å². The molecule has 1 fully saturated rings. The van der Waals surface area contributed by atoms with Crippen molar-refractivity contribution in [1.82, 2.24) is 24.8 Å². The minimum absolute atomic E-state index is 0.189. The molecular weight excluding hydrogens is 420 g/mol. The summed E-state index contributed by atoms with van der Waals surface area (Å²) in [6.45, 7) is 10.5. The Morgan fingerprint density at radius 3 is 2.58 bits per heavy atom. The van der Waals surface area contributed by atoms with Gasteiger partial charge in [-0.3, -0.25) is 9.59 Å². The Hall–Kier alpha value is -3.91. The Kier molecular flexibility index (Phi) is 5.33. The molecule has 3 aromatic rings. The van der Waals surface area contributed by atoms with Crippen LogP contribution in [0.2, 0.25) is 0 Å². The summed E-state index contributed by atoms with van der Waals surface area (Å²) in [6.07, 6.45) is 1.62. The van der Waals surface area contributed by atoms with Crippen molar-refractivity contribution in [3.8, 4) is 11.3 Å². The Bertz CT molecular complexity index is 1290. The lowest BCUT2D eigenvalue weighted by molar-refractivity contribution is -0.133.